The fraction of sp³-hybridized carbons (Fsp3) is 0.333. The Balaban J connectivity index is 2.27. The van der Waals surface area contributed by atoms with Crippen LogP contribution in [0, 0.1) is 0 Å². The molecular formula is C12H12F2N2O3. The maximum atomic E-state index is 12.0. The molecule has 2 rings (SSSR count). The predicted molar refractivity (Wildman–Crippen MR) is 61.7 cm³/mol. The first kappa shape index (κ1) is 13.3. The topological polar surface area (TPSA) is 58.6 Å². The van der Waals surface area contributed by atoms with Gasteiger partial charge in [-0.2, -0.15) is 8.78 Å². The zero-order valence-electron chi connectivity index (χ0n) is 10.3. The number of likely N-dealkylation sites (N-methyl/N-ethyl adjacent to an activating group) is 1. The summed E-state index contributed by atoms with van der Waals surface area (Å²) in [6.45, 7) is -1.35. The van der Waals surface area contributed by atoms with Crippen molar-refractivity contribution in [3.63, 3.8) is 0 Å². The molecule has 1 saturated heterocycles. The zero-order chi connectivity index (χ0) is 14.2. The maximum Gasteiger partial charge on any atom is 0.387 e. The molecule has 5 nitrogen and oxygen atoms in total. The molecule has 7 heteroatoms. The molecule has 1 aromatic rings. The van der Waals surface area contributed by atoms with Crippen LogP contribution < -0.4 is 10.1 Å². The van der Waals surface area contributed by atoms with Crippen molar-refractivity contribution < 1.29 is 23.1 Å². The molecule has 1 aliphatic rings. The minimum Gasteiger partial charge on any atom is -0.435 e. The number of benzene rings is 1. The summed E-state index contributed by atoms with van der Waals surface area (Å²) in [6, 6.07) is 5.08. The van der Waals surface area contributed by atoms with E-state index in [1.807, 2.05) is 0 Å². The standard InChI is InChI=1S/C12H12F2N2O3/c1-12(9(17)16(2)11(18)15-12)7-3-5-8(6-4-7)19-10(13)14/h3-6,10H,1-2H3,(H,15,18). The van der Waals surface area contributed by atoms with Crippen LogP contribution in [0.25, 0.3) is 0 Å². The summed E-state index contributed by atoms with van der Waals surface area (Å²) in [6.07, 6.45) is 0. The highest BCUT2D eigenvalue weighted by Gasteiger charge is 2.47. The van der Waals surface area contributed by atoms with Crippen molar-refractivity contribution in [2.75, 3.05) is 7.05 Å². The lowest BCUT2D eigenvalue weighted by atomic mass is 9.92. The summed E-state index contributed by atoms with van der Waals surface area (Å²) in [5, 5.41) is 2.55. The Morgan fingerprint density at radius 3 is 2.26 bits per heavy atom. The molecule has 102 valence electrons. The van der Waals surface area contributed by atoms with Gasteiger partial charge in [0, 0.05) is 7.05 Å². The number of carbonyl (C=O) groups is 2. The summed E-state index contributed by atoms with van der Waals surface area (Å²) < 4.78 is 28.3. The van der Waals surface area contributed by atoms with Gasteiger partial charge in [0.1, 0.15) is 11.3 Å². The molecule has 1 atom stereocenters. The molecule has 0 bridgehead atoms. The van der Waals surface area contributed by atoms with E-state index in [2.05, 4.69) is 10.1 Å². The van der Waals surface area contributed by atoms with Crippen molar-refractivity contribution in [3.8, 4) is 5.75 Å². The van der Waals surface area contributed by atoms with Crippen molar-refractivity contribution in [1.82, 2.24) is 10.2 Å². The molecule has 1 heterocycles. The predicted octanol–water partition coefficient (Wildman–Crippen LogP) is 1.68. The Kier molecular flexibility index (Phi) is 3.13. The number of nitrogens with one attached hydrogen (secondary N) is 1. The van der Waals surface area contributed by atoms with Crippen LogP contribution in [-0.2, 0) is 10.3 Å². The van der Waals surface area contributed by atoms with E-state index in [0.29, 0.717) is 5.56 Å². The highest BCUT2D eigenvalue weighted by molar-refractivity contribution is 6.06. The second-order valence-electron chi connectivity index (χ2n) is 4.32. The summed E-state index contributed by atoms with van der Waals surface area (Å²) >= 11 is 0. The van der Waals surface area contributed by atoms with E-state index in [0.717, 1.165) is 4.90 Å². The van der Waals surface area contributed by atoms with E-state index < -0.39 is 24.1 Å². The fourth-order valence-electron chi connectivity index (χ4n) is 1.94. The van der Waals surface area contributed by atoms with Crippen LogP contribution in [0.3, 0.4) is 0 Å². The summed E-state index contributed by atoms with van der Waals surface area (Å²) in [5.74, 6) is -0.410. The molecule has 1 N–H and O–H groups in total. The molecule has 0 spiro atoms. The van der Waals surface area contributed by atoms with E-state index in [-0.39, 0.29) is 5.75 Å². The van der Waals surface area contributed by atoms with Crippen molar-refractivity contribution >= 4 is 11.9 Å². The highest BCUT2D eigenvalue weighted by Crippen LogP contribution is 2.29. The molecule has 1 unspecified atom stereocenters. The average molecular weight is 270 g/mol. The minimum absolute atomic E-state index is 0.00697. The second-order valence-corrected chi connectivity index (χ2v) is 4.32. The van der Waals surface area contributed by atoms with Crippen molar-refractivity contribution in [3.05, 3.63) is 29.8 Å². The molecule has 0 radical (unpaired) electrons. The molecule has 1 fully saturated rings. The quantitative estimate of drug-likeness (QED) is 0.850. The normalized spacial score (nSPS) is 22.9. The number of urea groups is 1. The summed E-state index contributed by atoms with van der Waals surface area (Å²) in [4.78, 5) is 24.4. The van der Waals surface area contributed by atoms with Crippen LogP contribution in [0.4, 0.5) is 13.6 Å². The number of ether oxygens (including phenoxy) is 1. The van der Waals surface area contributed by atoms with E-state index in [1.165, 1.54) is 31.3 Å². The number of hydrogen-bond donors (Lipinski definition) is 1. The Labute approximate surface area is 108 Å². The van der Waals surface area contributed by atoms with Gasteiger partial charge in [-0.15, -0.1) is 0 Å². The van der Waals surface area contributed by atoms with Gasteiger partial charge in [-0.3, -0.25) is 9.69 Å². The number of nitrogens with zero attached hydrogens (tertiary/aromatic N) is 1. The lowest BCUT2D eigenvalue weighted by Gasteiger charge is -2.21. The Morgan fingerprint density at radius 1 is 1.26 bits per heavy atom. The van der Waals surface area contributed by atoms with Crippen LogP contribution in [0.5, 0.6) is 5.75 Å². The van der Waals surface area contributed by atoms with Crippen LogP contribution in [-0.4, -0.2) is 30.5 Å². The van der Waals surface area contributed by atoms with Gasteiger partial charge in [0.05, 0.1) is 0 Å². The number of imide groups is 1. The van der Waals surface area contributed by atoms with Gasteiger partial charge in [0.15, 0.2) is 0 Å². The zero-order valence-corrected chi connectivity index (χ0v) is 10.3. The third-order valence-corrected chi connectivity index (χ3v) is 3.05. The third kappa shape index (κ3) is 2.23. The second kappa shape index (κ2) is 4.49. The monoisotopic (exact) mass is 270 g/mol. The van der Waals surface area contributed by atoms with Gasteiger partial charge < -0.3 is 10.1 Å². The summed E-state index contributed by atoms with van der Waals surface area (Å²) in [7, 11) is 1.37. The first-order valence-corrected chi connectivity index (χ1v) is 5.50. The highest BCUT2D eigenvalue weighted by atomic mass is 19.3. The Morgan fingerprint density at radius 2 is 1.84 bits per heavy atom. The Hall–Kier alpha value is -2.18. The average Bonchev–Trinajstić information content (AvgIpc) is 2.54. The molecule has 1 aromatic carbocycles. The molecule has 3 amide bonds. The lowest BCUT2D eigenvalue weighted by molar-refractivity contribution is -0.130. The Bertz CT molecular complexity index is 518. The van der Waals surface area contributed by atoms with Crippen LogP contribution in [0.15, 0.2) is 24.3 Å². The SMILES string of the molecule is CN1C(=O)NC(C)(c2ccc(OC(F)F)cc2)C1=O. The lowest BCUT2D eigenvalue weighted by Crippen LogP contribution is -2.40. The first-order chi connectivity index (χ1) is 8.84. The molecule has 1 aliphatic heterocycles. The molecule has 19 heavy (non-hydrogen) atoms. The number of rotatable bonds is 3. The smallest absolute Gasteiger partial charge is 0.387 e. The van der Waals surface area contributed by atoms with Crippen LogP contribution in [0.2, 0.25) is 0 Å². The van der Waals surface area contributed by atoms with Crippen LogP contribution in [0.1, 0.15) is 12.5 Å². The van der Waals surface area contributed by atoms with Crippen molar-refractivity contribution in [2.24, 2.45) is 0 Å². The van der Waals surface area contributed by atoms with Crippen LogP contribution >= 0.6 is 0 Å². The molecule has 0 aliphatic carbocycles. The van der Waals surface area contributed by atoms with Gasteiger partial charge in [0.25, 0.3) is 5.91 Å². The number of carbonyl (C=O) groups excluding carboxylic acids is 2. The summed E-state index contributed by atoms with van der Waals surface area (Å²) in [5.41, 5.74) is -0.688. The van der Waals surface area contributed by atoms with Gasteiger partial charge >= 0.3 is 12.6 Å². The first-order valence-electron chi connectivity index (χ1n) is 5.50. The van der Waals surface area contributed by atoms with E-state index in [4.69, 9.17) is 0 Å². The third-order valence-electron chi connectivity index (χ3n) is 3.05. The minimum atomic E-state index is -2.90. The number of alkyl halides is 2. The van der Waals surface area contributed by atoms with E-state index >= 15 is 0 Å². The van der Waals surface area contributed by atoms with Crippen molar-refractivity contribution in [1.29, 1.82) is 0 Å². The van der Waals surface area contributed by atoms with E-state index in [9.17, 15) is 18.4 Å². The van der Waals surface area contributed by atoms with E-state index in [1.54, 1.807) is 6.92 Å². The molecular weight excluding hydrogens is 258 g/mol. The number of amides is 3. The van der Waals surface area contributed by atoms with Gasteiger partial charge in [-0.25, -0.2) is 4.79 Å². The fourth-order valence-corrected chi connectivity index (χ4v) is 1.94. The van der Waals surface area contributed by atoms with Gasteiger partial charge in [-0.1, -0.05) is 12.1 Å². The molecule has 0 saturated carbocycles. The largest absolute Gasteiger partial charge is 0.435 e. The molecule has 0 aromatic heterocycles. The number of hydrogen-bond acceptors (Lipinski definition) is 3. The van der Waals surface area contributed by atoms with Crippen molar-refractivity contribution in [2.45, 2.75) is 19.1 Å². The number of halogens is 2. The van der Waals surface area contributed by atoms with Gasteiger partial charge in [-0.05, 0) is 24.6 Å². The van der Waals surface area contributed by atoms with Gasteiger partial charge in [0.2, 0.25) is 0 Å². The maximum absolute atomic E-state index is 12.0.